The van der Waals surface area contributed by atoms with Gasteiger partial charge in [-0.1, -0.05) is 62.4 Å². The Morgan fingerprint density at radius 2 is 1.12 bits per heavy atom. The van der Waals surface area contributed by atoms with Gasteiger partial charge >= 0.3 is 0 Å². The first kappa shape index (κ1) is 19.3. The van der Waals surface area contributed by atoms with Crippen molar-refractivity contribution < 1.29 is 14.3 Å². The van der Waals surface area contributed by atoms with Crippen molar-refractivity contribution in [2.45, 2.75) is 31.6 Å². The van der Waals surface area contributed by atoms with E-state index in [1.54, 1.807) is 0 Å². The molecule has 1 saturated heterocycles. The third-order valence-corrected chi connectivity index (χ3v) is 8.05. The maximum absolute atomic E-state index is 14.0. The lowest BCUT2D eigenvalue weighted by Gasteiger charge is -2.57. The second kappa shape index (κ2) is 6.32. The lowest BCUT2D eigenvalue weighted by atomic mass is 9.42. The Kier molecular flexibility index (Phi) is 3.81. The highest BCUT2D eigenvalue weighted by Crippen LogP contribution is 2.66. The topological polar surface area (TPSA) is 46.6 Å². The zero-order valence-electron chi connectivity index (χ0n) is 18.5. The average molecular weight is 424 g/mol. The highest BCUT2D eigenvalue weighted by Gasteiger charge is 2.70. The number of carbonyl (C=O) groups is 2. The van der Waals surface area contributed by atoms with Gasteiger partial charge in [0.1, 0.15) is 5.75 Å². The highest BCUT2D eigenvalue weighted by atomic mass is 16.5. The number of hydrogen-bond acceptors (Lipinski definition) is 3. The number of benzene rings is 3. The monoisotopic (exact) mass is 423 g/mol. The van der Waals surface area contributed by atoms with Crippen LogP contribution in [0.4, 0.5) is 5.69 Å². The molecular formula is C28H25NO3. The van der Waals surface area contributed by atoms with Crippen molar-refractivity contribution in [2.24, 2.45) is 11.8 Å². The summed E-state index contributed by atoms with van der Waals surface area (Å²) >= 11 is 0. The molecule has 2 amide bonds. The Morgan fingerprint density at radius 1 is 0.719 bits per heavy atom. The Bertz CT molecular complexity index is 1150. The van der Waals surface area contributed by atoms with Gasteiger partial charge in [0.2, 0.25) is 11.8 Å². The van der Waals surface area contributed by atoms with E-state index < -0.39 is 22.7 Å². The van der Waals surface area contributed by atoms with E-state index in [4.69, 9.17) is 4.74 Å². The summed E-state index contributed by atoms with van der Waals surface area (Å²) in [4.78, 5) is 29.4. The van der Waals surface area contributed by atoms with Gasteiger partial charge in [0, 0.05) is 10.8 Å². The molecule has 1 aliphatic heterocycles. The molecule has 0 saturated carbocycles. The van der Waals surface area contributed by atoms with E-state index in [1.165, 1.54) is 4.90 Å². The van der Waals surface area contributed by atoms with Crippen LogP contribution in [0.3, 0.4) is 0 Å². The van der Waals surface area contributed by atoms with Crippen LogP contribution in [0.15, 0.2) is 72.8 Å². The maximum atomic E-state index is 14.0. The summed E-state index contributed by atoms with van der Waals surface area (Å²) in [5.74, 6) is -0.358. The first-order valence-corrected chi connectivity index (χ1v) is 11.2. The molecule has 2 atom stereocenters. The molecule has 160 valence electrons. The molecule has 4 heteroatoms. The molecule has 3 aliphatic carbocycles. The van der Waals surface area contributed by atoms with E-state index in [-0.39, 0.29) is 11.8 Å². The van der Waals surface area contributed by atoms with Crippen LogP contribution >= 0.6 is 0 Å². The Morgan fingerprint density at radius 3 is 1.50 bits per heavy atom. The van der Waals surface area contributed by atoms with Crippen molar-refractivity contribution in [3.8, 4) is 5.75 Å². The van der Waals surface area contributed by atoms with Crippen LogP contribution in [0.25, 0.3) is 0 Å². The largest absolute Gasteiger partial charge is 0.494 e. The lowest BCUT2D eigenvalue weighted by Crippen LogP contribution is -2.59. The third-order valence-electron chi connectivity index (χ3n) is 8.05. The molecule has 0 spiro atoms. The summed E-state index contributed by atoms with van der Waals surface area (Å²) in [6, 6.07) is 24.0. The van der Waals surface area contributed by atoms with Gasteiger partial charge in [-0.05, 0) is 53.4 Å². The van der Waals surface area contributed by atoms with Gasteiger partial charge in [-0.15, -0.1) is 0 Å². The van der Waals surface area contributed by atoms with Gasteiger partial charge in [-0.2, -0.15) is 0 Å². The highest BCUT2D eigenvalue weighted by molar-refractivity contribution is 6.24. The van der Waals surface area contributed by atoms with Crippen molar-refractivity contribution in [3.63, 3.8) is 0 Å². The second-order valence-electron chi connectivity index (χ2n) is 9.39. The van der Waals surface area contributed by atoms with Gasteiger partial charge in [0.15, 0.2) is 0 Å². The molecule has 3 aromatic carbocycles. The predicted molar refractivity (Wildman–Crippen MR) is 123 cm³/mol. The number of rotatable bonds is 3. The van der Waals surface area contributed by atoms with Gasteiger partial charge in [-0.25, -0.2) is 4.90 Å². The molecule has 1 fully saturated rings. The minimum Gasteiger partial charge on any atom is -0.494 e. The Labute approximate surface area is 187 Å². The molecule has 32 heavy (non-hydrogen) atoms. The Hall–Kier alpha value is -3.40. The fourth-order valence-electron chi connectivity index (χ4n) is 6.68. The first-order chi connectivity index (χ1) is 15.4. The Balaban J connectivity index is 1.57. The molecule has 3 aromatic rings. The van der Waals surface area contributed by atoms with Crippen molar-refractivity contribution in [2.75, 3.05) is 11.5 Å². The molecule has 1 heterocycles. The van der Waals surface area contributed by atoms with Gasteiger partial charge in [0.05, 0.1) is 24.1 Å². The molecule has 7 rings (SSSR count). The molecule has 0 unspecified atom stereocenters. The average Bonchev–Trinajstić information content (AvgIpc) is 3.09. The summed E-state index contributed by atoms with van der Waals surface area (Å²) in [7, 11) is 0. The summed E-state index contributed by atoms with van der Waals surface area (Å²) < 4.78 is 5.54. The normalized spacial score (nSPS) is 29.5. The summed E-state index contributed by atoms with van der Waals surface area (Å²) in [6.45, 7) is 6.79. The zero-order chi connectivity index (χ0) is 22.3. The van der Waals surface area contributed by atoms with Gasteiger partial charge in [-0.3, -0.25) is 9.59 Å². The van der Waals surface area contributed by atoms with Gasteiger partial charge < -0.3 is 4.74 Å². The van der Waals surface area contributed by atoms with E-state index >= 15 is 0 Å². The third kappa shape index (κ3) is 2.08. The maximum Gasteiger partial charge on any atom is 0.238 e. The number of anilines is 1. The van der Waals surface area contributed by atoms with E-state index in [2.05, 4.69) is 38.1 Å². The van der Waals surface area contributed by atoms with E-state index in [0.29, 0.717) is 12.3 Å². The van der Waals surface area contributed by atoms with E-state index in [9.17, 15) is 9.59 Å². The standard InChI is InChI=1S/C28H25NO3/c1-4-32-18-15-13-17(14-16-18)29-25(30)23-24(26(29)31)28(3)21-11-7-5-9-19(21)27(23,2)20-10-6-8-12-22(20)28/h5-16,23-24H,4H2,1-3H3/t23-,24-,27?,28?/m0/s1. The lowest BCUT2D eigenvalue weighted by molar-refractivity contribution is -0.124. The number of amides is 2. The predicted octanol–water partition coefficient (Wildman–Crippen LogP) is 4.83. The fraction of sp³-hybridized carbons (Fsp3) is 0.286. The van der Waals surface area contributed by atoms with Crippen LogP contribution in [0.5, 0.6) is 5.75 Å². The molecule has 4 aliphatic rings. The fourth-order valence-corrected chi connectivity index (χ4v) is 6.68. The number of nitrogens with zero attached hydrogens (tertiary/aromatic N) is 1. The summed E-state index contributed by atoms with van der Waals surface area (Å²) in [6.07, 6.45) is 0. The number of imide groups is 1. The van der Waals surface area contributed by atoms with E-state index in [0.717, 1.165) is 28.0 Å². The SMILES string of the molecule is CCOc1ccc(N2C(=O)[C@@H]3[C@@H](C2=O)C2(C)c4ccccc4C3(C)c3ccccc32)cc1. The summed E-state index contributed by atoms with van der Waals surface area (Å²) in [5, 5.41) is 0. The van der Waals surface area contributed by atoms with Crippen LogP contribution in [0.2, 0.25) is 0 Å². The van der Waals surface area contributed by atoms with Gasteiger partial charge in [0.25, 0.3) is 0 Å². The van der Waals surface area contributed by atoms with Crippen molar-refractivity contribution in [3.05, 3.63) is 95.1 Å². The van der Waals surface area contributed by atoms with Crippen LogP contribution in [-0.2, 0) is 20.4 Å². The van der Waals surface area contributed by atoms with Crippen LogP contribution in [-0.4, -0.2) is 18.4 Å². The first-order valence-electron chi connectivity index (χ1n) is 11.2. The number of ether oxygens (including phenoxy) is 1. The zero-order valence-corrected chi connectivity index (χ0v) is 18.5. The van der Waals surface area contributed by atoms with Crippen molar-refractivity contribution in [1.29, 1.82) is 0 Å². The van der Waals surface area contributed by atoms with Crippen molar-refractivity contribution in [1.82, 2.24) is 0 Å². The number of hydrogen-bond donors (Lipinski definition) is 0. The molecule has 0 radical (unpaired) electrons. The molecular weight excluding hydrogens is 398 g/mol. The number of carbonyl (C=O) groups excluding carboxylic acids is 2. The summed E-state index contributed by atoms with van der Waals surface area (Å²) in [5.41, 5.74) is 4.16. The second-order valence-corrected chi connectivity index (χ2v) is 9.39. The van der Waals surface area contributed by atoms with Crippen LogP contribution in [0.1, 0.15) is 43.0 Å². The van der Waals surface area contributed by atoms with Crippen molar-refractivity contribution >= 4 is 17.5 Å². The molecule has 0 aromatic heterocycles. The minimum absolute atomic E-state index is 0.109. The van der Waals surface area contributed by atoms with E-state index in [1.807, 2.05) is 55.5 Å². The molecule has 4 nitrogen and oxygen atoms in total. The minimum atomic E-state index is -0.553. The van der Waals surface area contributed by atoms with Crippen LogP contribution < -0.4 is 9.64 Å². The molecule has 2 bridgehead atoms. The quantitative estimate of drug-likeness (QED) is 0.567. The van der Waals surface area contributed by atoms with Crippen LogP contribution in [0, 0.1) is 11.8 Å². The molecule has 0 N–H and O–H groups in total. The smallest absolute Gasteiger partial charge is 0.238 e.